The molecule has 116 valence electrons. The molecule has 2 aromatic carbocycles. The number of carbonyl (C=O) groups excluding carboxylic acids is 1. The third-order valence-corrected chi connectivity index (χ3v) is 3.96. The number of nitrogens with zero attached hydrogens (tertiary/aromatic N) is 1. The SMILES string of the molecule is Cc1ccccc1NC(=O)[C@@H](Cc1ccccc1)n1cccc1. The molecule has 0 spiro atoms. The normalized spacial score (nSPS) is 11.9. The van der Waals surface area contributed by atoms with Gasteiger partial charge in [0.2, 0.25) is 5.91 Å². The number of para-hydroxylation sites is 1. The molecule has 0 saturated heterocycles. The predicted molar refractivity (Wildman–Crippen MR) is 93.4 cm³/mol. The number of hydrogen-bond acceptors (Lipinski definition) is 1. The van der Waals surface area contributed by atoms with Crippen molar-refractivity contribution >= 4 is 11.6 Å². The summed E-state index contributed by atoms with van der Waals surface area (Å²) >= 11 is 0. The van der Waals surface area contributed by atoms with Crippen LogP contribution in [0.5, 0.6) is 0 Å². The average molecular weight is 304 g/mol. The molecule has 0 bridgehead atoms. The number of aryl methyl sites for hydroxylation is 1. The van der Waals surface area contributed by atoms with Crippen molar-refractivity contribution in [1.29, 1.82) is 0 Å². The van der Waals surface area contributed by atoms with Crippen molar-refractivity contribution in [2.45, 2.75) is 19.4 Å². The van der Waals surface area contributed by atoms with Crippen molar-refractivity contribution in [3.05, 3.63) is 90.3 Å². The van der Waals surface area contributed by atoms with Gasteiger partial charge in [0, 0.05) is 24.5 Å². The first-order valence-corrected chi connectivity index (χ1v) is 7.77. The van der Waals surface area contributed by atoms with Gasteiger partial charge in [0.15, 0.2) is 0 Å². The van der Waals surface area contributed by atoms with Gasteiger partial charge in [0.05, 0.1) is 0 Å². The predicted octanol–water partition coefficient (Wildman–Crippen LogP) is 4.22. The fourth-order valence-electron chi connectivity index (χ4n) is 2.66. The van der Waals surface area contributed by atoms with E-state index in [1.165, 1.54) is 0 Å². The Morgan fingerprint density at radius 1 is 0.957 bits per heavy atom. The van der Waals surface area contributed by atoms with E-state index in [0.717, 1.165) is 16.8 Å². The van der Waals surface area contributed by atoms with Gasteiger partial charge in [-0.05, 0) is 36.2 Å². The maximum atomic E-state index is 12.8. The number of benzene rings is 2. The summed E-state index contributed by atoms with van der Waals surface area (Å²) in [6.07, 6.45) is 4.53. The molecule has 1 amide bonds. The van der Waals surface area contributed by atoms with Crippen molar-refractivity contribution in [3.63, 3.8) is 0 Å². The Morgan fingerprint density at radius 2 is 1.61 bits per heavy atom. The Morgan fingerprint density at radius 3 is 2.30 bits per heavy atom. The largest absolute Gasteiger partial charge is 0.342 e. The van der Waals surface area contributed by atoms with Crippen molar-refractivity contribution in [1.82, 2.24) is 4.57 Å². The second-order valence-electron chi connectivity index (χ2n) is 5.64. The monoisotopic (exact) mass is 304 g/mol. The van der Waals surface area contributed by atoms with E-state index in [-0.39, 0.29) is 11.9 Å². The van der Waals surface area contributed by atoms with Crippen LogP contribution >= 0.6 is 0 Å². The minimum absolute atomic E-state index is 0.000599. The smallest absolute Gasteiger partial charge is 0.247 e. The van der Waals surface area contributed by atoms with E-state index in [0.29, 0.717) is 6.42 Å². The summed E-state index contributed by atoms with van der Waals surface area (Å²) in [5.74, 6) is -0.000599. The van der Waals surface area contributed by atoms with Crippen LogP contribution < -0.4 is 5.32 Å². The van der Waals surface area contributed by atoms with Crippen LogP contribution in [0, 0.1) is 6.92 Å². The van der Waals surface area contributed by atoms with E-state index in [4.69, 9.17) is 0 Å². The number of rotatable bonds is 5. The summed E-state index contributed by atoms with van der Waals surface area (Å²) in [5, 5.41) is 3.06. The van der Waals surface area contributed by atoms with Gasteiger partial charge in [-0.1, -0.05) is 48.5 Å². The molecule has 1 aromatic heterocycles. The molecule has 1 heterocycles. The highest BCUT2D eigenvalue weighted by atomic mass is 16.2. The van der Waals surface area contributed by atoms with Gasteiger partial charge in [0.25, 0.3) is 0 Å². The van der Waals surface area contributed by atoms with Crippen molar-refractivity contribution < 1.29 is 4.79 Å². The molecule has 3 heteroatoms. The number of amides is 1. The molecule has 0 aliphatic rings. The first-order chi connectivity index (χ1) is 11.2. The van der Waals surface area contributed by atoms with Crippen molar-refractivity contribution in [3.8, 4) is 0 Å². The third kappa shape index (κ3) is 3.69. The highest BCUT2D eigenvalue weighted by molar-refractivity contribution is 5.94. The lowest BCUT2D eigenvalue weighted by Gasteiger charge is -2.19. The summed E-state index contributed by atoms with van der Waals surface area (Å²) in [4.78, 5) is 12.8. The fraction of sp³-hybridized carbons (Fsp3) is 0.150. The Balaban J connectivity index is 1.83. The summed E-state index contributed by atoms with van der Waals surface area (Å²) < 4.78 is 1.96. The standard InChI is InChI=1S/C20H20N2O/c1-16-9-5-6-12-18(16)21-20(23)19(22-13-7-8-14-22)15-17-10-3-2-4-11-17/h2-14,19H,15H2,1H3,(H,21,23)/t19-/m1/s1. The molecule has 3 nitrogen and oxygen atoms in total. The Labute approximate surface area is 136 Å². The summed E-state index contributed by atoms with van der Waals surface area (Å²) in [7, 11) is 0. The van der Waals surface area contributed by atoms with E-state index >= 15 is 0 Å². The maximum Gasteiger partial charge on any atom is 0.247 e. The Bertz CT molecular complexity index is 763. The zero-order valence-electron chi connectivity index (χ0n) is 13.1. The van der Waals surface area contributed by atoms with Gasteiger partial charge >= 0.3 is 0 Å². The lowest BCUT2D eigenvalue weighted by Crippen LogP contribution is -2.27. The number of hydrogen-bond donors (Lipinski definition) is 1. The molecule has 0 aliphatic carbocycles. The van der Waals surface area contributed by atoms with E-state index in [9.17, 15) is 4.79 Å². The molecule has 3 aromatic rings. The molecular formula is C20H20N2O. The van der Waals surface area contributed by atoms with Crippen LogP contribution in [0.1, 0.15) is 17.2 Å². The van der Waals surface area contributed by atoms with Crippen LogP contribution in [0.2, 0.25) is 0 Å². The number of carbonyl (C=O) groups is 1. The molecule has 0 fully saturated rings. The Kier molecular flexibility index (Phi) is 4.57. The van der Waals surface area contributed by atoms with Crippen LogP contribution in [0.3, 0.4) is 0 Å². The number of nitrogens with one attached hydrogen (secondary N) is 1. The van der Waals surface area contributed by atoms with Gasteiger partial charge in [-0.15, -0.1) is 0 Å². The van der Waals surface area contributed by atoms with Gasteiger partial charge in [0.1, 0.15) is 6.04 Å². The summed E-state index contributed by atoms with van der Waals surface area (Å²) in [5.41, 5.74) is 3.07. The average Bonchev–Trinajstić information content (AvgIpc) is 3.10. The highest BCUT2D eigenvalue weighted by Crippen LogP contribution is 2.19. The van der Waals surface area contributed by atoms with E-state index in [2.05, 4.69) is 17.4 Å². The van der Waals surface area contributed by atoms with Gasteiger partial charge in [-0.25, -0.2) is 0 Å². The minimum Gasteiger partial charge on any atom is -0.342 e. The quantitative estimate of drug-likeness (QED) is 0.752. The van der Waals surface area contributed by atoms with Crippen molar-refractivity contribution in [2.75, 3.05) is 5.32 Å². The fourth-order valence-corrected chi connectivity index (χ4v) is 2.66. The summed E-state index contributed by atoms with van der Waals surface area (Å²) in [6.45, 7) is 2.00. The molecule has 0 aliphatic heterocycles. The molecular weight excluding hydrogens is 284 g/mol. The van der Waals surface area contributed by atoms with Crippen LogP contribution in [0.25, 0.3) is 0 Å². The van der Waals surface area contributed by atoms with Crippen LogP contribution in [0.15, 0.2) is 79.1 Å². The Hall–Kier alpha value is -2.81. The lowest BCUT2D eigenvalue weighted by molar-refractivity contribution is -0.119. The second-order valence-corrected chi connectivity index (χ2v) is 5.64. The molecule has 0 saturated carbocycles. The molecule has 23 heavy (non-hydrogen) atoms. The highest BCUT2D eigenvalue weighted by Gasteiger charge is 2.20. The van der Waals surface area contributed by atoms with Gasteiger partial charge < -0.3 is 9.88 Å². The van der Waals surface area contributed by atoms with Crippen LogP contribution in [-0.4, -0.2) is 10.5 Å². The number of aromatic nitrogens is 1. The topological polar surface area (TPSA) is 34.0 Å². The lowest BCUT2D eigenvalue weighted by atomic mass is 10.0. The van der Waals surface area contributed by atoms with Crippen LogP contribution in [-0.2, 0) is 11.2 Å². The molecule has 0 unspecified atom stereocenters. The van der Waals surface area contributed by atoms with Gasteiger partial charge in [-0.2, -0.15) is 0 Å². The molecule has 3 rings (SSSR count). The zero-order valence-corrected chi connectivity index (χ0v) is 13.1. The molecule has 1 N–H and O–H groups in total. The van der Waals surface area contributed by atoms with E-state index < -0.39 is 0 Å². The third-order valence-electron chi connectivity index (χ3n) is 3.96. The second kappa shape index (κ2) is 6.97. The summed E-state index contributed by atoms with van der Waals surface area (Å²) in [6, 6.07) is 21.5. The van der Waals surface area contributed by atoms with Crippen molar-refractivity contribution in [2.24, 2.45) is 0 Å². The van der Waals surface area contributed by atoms with E-state index in [1.807, 2.05) is 78.5 Å². The maximum absolute atomic E-state index is 12.8. The molecule has 1 atom stereocenters. The van der Waals surface area contributed by atoms with E-state index in [1.54, 1.807) is 0 Å². The molecule has 0 radical (unpaired) electrons. The zero-order chi connectivity index (χ0) is 16.1. The first kappa shape index (κ1) is 15.1. The van der Waals surface area contributed by atoms with Crippen LogP contribution in [0.4, 0.5) is 5.69 Å². The van der Waals surface area contributed by atoms with Gasteiger partial charge in [-0.3, -0.25) is 4.79 Å². The first-order valence-electron chi connectivity index (χ1n) is 7.77. The number of anilines is 1. The minimum atomic E-state index is -0.271.